The van der Waals surface area contributed by atoms with Gasteiger partial charge in [0.25, 0.3) is 0 Å². The minimum absolute atomic E-state index is 0.483. The highest BCUT2D eigenvalue weighted by atomic mass is 31.2. The molecule has 0 fully saturated rings. The van der Waals surface area contributed by atoms with E-state index in [0.717, 1.165) is 67.9 Å². The van der Waals surface area contributed by atoms with Crippen molar-refractivity contribution in [2.75, 3.05) is 0 Å². The predicted molar refractivity (Wildman–Crippen MR) is 245 cm³/mol. The molecule has 10 rings (SSSR count). The third kappa shape index (κ3) is 6.67. The van der Waals surface area contributed by atoms with E-state index in [1.807, 2.05) is 168 Å². The maximum Gasteiger partial charge on any atom is 0.178 e. The first-order chi connectivity index (χ1) is 29.1. The Morgan fingerprint density at radius 3 is 1.37 bits per heavy atom. The van der Waals surface area contributed by atoms with Crippen LogP contribution in [0.5, 0.6) is 17.2 Å². The molecule has 1 aliphatic carbocycles. The number of ether oxygens (including phenoxy) is 2. The second kappa shape index (κ2) is 15.5. The predicted octanol–water partition coefficient (Wildman–Crippen LogP) is 11.2. The number of hydrogen-bond acceptors (Lipinski definition) is 7. The maximum absolute atomic E-state index is 15.5. The lowest BCUT2D eigenvalue weighted by Gasteiger charge is -2.32. The Morgan fingerprint density at radius 2 is 0.883 bits per heavy atom. The van der Waals surface area contributed by atoms with E-state index in [2.05, 4.69) is 13.0 Å². The number of rotatable bonds is 5. The standard InChI is InChI=1S/C49H39N3O4P2.C2H6/c1-30-10-22-39-43(26-30)57(53,44-27-31(2)11-23-40(44)55-39)37-18-14-35(15-19-37)48-50-47(34-8-6-5-7-9-34)51-49(52-48)36-16-20-38(21-17-36)58(54)45-28-32(3)12-24-41(45)56-42-25-13-33(4)29-46(42)58;1-2/h5-12,14-24,26-29H,13,25H2,1-4H3;1-2H3. The molecule has 6 aromatic carbocycles. The van der Waals surface area contributed by atoms with Crippen LogP contribution in [0.1, 0.15) is 50.3 Å². The molecule has 0 radical (unpaired) electrons. The first-order valence-electron chi connectivity index (χ1n) is 20.4. The zero-order valence-electron chi connectivity index (χ0n) is 34.6. The van der Waals surface area contributed by atoms with E-state index < -0.39 is 14.3 Å². The van der Waals surface area contributed by atoms with Crippen molar-refractivity contribution in [1.82, 2.24) is 15.0 Å². The zero-order valence-corrected chi connectivity index (χ0v) is 36.4. The Hall–Kier alpha value is -6.13. The van der Waals surface area contributed by atoms with Crippen LogP contribution >= 0.6 is 14.3 Å². The number of hydrogen-bond donors (Lipinski definition) is 0. The van der Waals surface area contributed by atoms with Crippen molar-refractivity contribution in [3.05, 3.63) is 173 Å². The molecule has 7 aromatic rings. The van der Waals surface area contributed by atoms with Crippen LogP contribution < -0.4 is 36.0 Å². The summed E-state index contributed by atoms with van der Waals surface area (Å²) in [6.07, 6.45) is 3.66. The summed E-state index contributed by atoms with van der Waals surface area (Å²) in [4.78, 5) is 14.9. The van der Waals surface area contributed by atoms with E-state index in [-0.39, 0.29) is 0 Å². The highest BCUT2D eigenvalue weighted by Gasteiger charge is 2.42. The molecule has 0 N–H and O–H groups in total. The molecular weight excluding hydrogens is 781 g/mol. The third-order valence-corrected chi connectivity index (χ3v) is 17.4. The molecule has 0 spiro atoms. The fourth-order valence-corrected chi connectivity index (χ4v) is 14.3. The van der Waals surface area contributed by atoms with Crippen molar-refractivity contribution in [2.24, 2.45) is 0 Å². The Labute approximate surface area is 351 Å². The van der Waals surface area contributed by atoms with Gasteiger partial charge in [0.05, 0.1) is 21.2 Å². The van der Waals surface area contributed by atoms with Gasteiger partial charge in [0.2, 0.25) is 0 Å². The molecule has 1 atom stereocenters. The van der Waals surface area contributed by atoms with E-state index in [4.69, 9.17) is 24.4 Å². The molecule has 3 heterocycles. The SMILES string of the molecule is CC.CC1=CC2=C(CC1)Oc1ccc(C)cc1P2(=O)c1ccc(-c2nc(-c3ccccc3)nc(-c3ccc(P4(=O)c5cc(C)ccc5Oc5ccc(C)cc54)cc3)n2)cc1. The number of aryl methyl sites for hydroxylation is 3. The largest absolute Gasteiger partial charge is 0.460 e. The van der Waals surface area contributed by atoms with Gasteiger partial charge in [-0.1, -0.05) is 133 Å². The van der Waals surface area contributed by atoms with Crippen LogP contribution in [0.15, 0.2) is 156 Å². The number of benzene rings is 6. The fraction of sp³-hybridized carbons (Fsp3) is 0.157. The lowest BCUT2D eigenvalue weighted by molar-refractivity contribution is 0.397. The minimum atomic E-state index is -3.30. The van der Waals surface area contributed by atoms with Crippen LogP contribution in [0.25, 0.3) is 34.2 Å². The molecule has 1 unspecified atom stereocenters. The number of aromatic nitrogens is 3. The summed E-state index contributed by atoms with van der Waals surface area (Å²) < 4.78 is 43.7. The molecule has 0 bridgehead atoms. The molecule has 3 aliphatic rings. The van der Waals surface area contributed by atoms with Gasteiger partial charge in [0.15, 0.2) is 31.8 Å². The second-order valence-corrected chi connectivity index (χ2v) is 20.8. The molecule has 0 saturated carbocycles. The van der Waals surface area contributed by atoms with Crippen LogP contribution in [0.3, 0.4) is 0 Å². The van der Waals surface area contributed by atoms with E-state index in [1.165, 1.54) is 5.57 Å². The molecule has 9 heteroatoms. The number of nitrogens with zero attached hydrogens (tertiary/aromatic N) is 3. The average Bonchev–Trinajstić information content (AvgIpc) is 3.28. The average molecular weight is 826 g/mol. The number of fused-ring (bicyclic) bond motifs is 3. The van der Waals surface area contributed by atoms with Gasteiger partial charge in [-0.15, -0.1) is 0 Å². The molecule has 2 aliphatic heterocycles. The lowest BCUT2D eigenvalue weighted by Crippen LogP contribution is -2.31. The van der Waals surface area contributed by atoms with Gasteiger partial charge in [-0.25, -0.2) is 15.0 Å². The Bertz CT molecular complexity index is 2940. The van der Waals surface area contributed by atoms with Gasteiger partial charge in [0, 0.05) is 33.7 Å². The maximum atomic E-state index is 15.5. The quantitative estimate of drug-likeness (QED) is 0.160. The van der Waals surface area contributed by atoms with Gasteiger partial charge in [-0.05, 0) is 76.6 Å². The summed E-state index contributed by atoms with van der Waals surface area (Å²) in [5, 5.41) is 4.32. The Kier molecular flexibility index (Phi) is 10.1. The molecular formula is C51H45N3O4P2. The number of allylic oxidation sites excluding steroid dienone is 4. The van der Waals surface area contributed by atoms with Crippen molar-refractivity contribution in [2.45, 2.75) is 54.4 Å². The van der Waals surface area contributed by atoms with Crippen molar-refractivity contribution >= 4 is 40.8 Å². The van der Waals surface area contributed by atoms with E-state index >= 15 is 9.13 Å². The molecule has 1 aromatic heterocycles. The third-order valence-electron chi connectivity index (χ3n) is 11.2. The van der Waals surface area contributed by atoms with Gasteiger partial charge in [-0.2, -0.15) is 0 Å². The molecule has 298 valence electrons. The van der Waals surface area contributed by atoms with Crippen LogP contribution in [-0.2, 0) is 9.13 Å². The van der Waals surface area contributed by atoms with E-state index in [1.54, 1.807) is 0 Å². The zero-order chi connectivity index (χ0) is 41.8. The highest BCUT2D eigenvalue weighted by molar-refractivity contribution is 7.85. The van der Waals surface area contributed by atoms with Gasteiger partial charge >= 0.3 is 0 Å². The molecule has 0 amide bonds. The highest BCUT2D eigenvalue weighted by Crippen LogP contribution is 2.60. The summed E-state index contributed by atoms with van der Waals surface area (Å²) in [5.41, 5.74) is 6.61. The van der Waals surface area contributed by atoms with Crippen molar-refractivity contribution in [1.29, 1.82) is 0 Å². The lowest BCUT2D eigenvalue weighted by atomic mass is 10.1. The second-order valence-electron chi connectivity index (χ2n) is 15.4. The Balaban J connectivity index is 0.00000228. The van der Waals surface area contributed by atoms with Crippen LogP contribution in [0, 0.1) is 20.8 Å². The van der Waals surface area contributed by atoms with Gasteiger partial charge in [-0.3, -0.25) is 0 Å². The molecule has 60 heavy (non-hydrogen) atoms. The summed E-state index contributed by atoms with van der Waals surface area (Å²) in [5.74, 6) is 4.16. The van der Waals surface area contributed by atoms with Gasteiger partial charge in [0.1, 0.15) is 23.0 Å². The van der Waals surface area contributed by atoms with Crippen LogP contribution in [-0.4, -0.2) is 15.0 Å². The summed E-state index contributed by atoms with van der Waals surface area (Å²) in [6.45, 7) is 12.1. The summed E-state index contributed by atoms with van der Waals surface area (Å²) in [7, 11) is -6.55. The molecule has 0 saturated heterocycles. The van der Waals surface area contributed by atoms with Crippen LogP contribution in [0.4, 0.5) is 0 Å². The van der Waals surface area contributed by atoms with E-state index in [9.17, 15) is 0 Å². The summed E-state index contributed by atoms with van der Waals surface area (Å²) in [6, 6.07) is 43.0. The first-order valence-corrected chi connectivity index (χ1v) is 23.8. The monoisotopic (exact) mass is 825 g/mol. The molecule has 7 nitrogen and oxygen atoms in total. The first kappa shape index (κ1) is 39.3. The van der Waals surface area contributed by atoms with E-state index in [0.29, 0.717) is 50.6 Å². The fourth-order valence-electron chi connectivity index (χ4n) is 8.13. The topological polar surface area (TPSA) is 91.3 Å². The van der Waals surface area contributed by atoms with Crippen molar-refractivity contribution in [3.63, 3.8) is 0 Å². The van der Waals surface area contributed by atoms with Crippen molar-refractivity contribution in [3.8, 4) is 51.4 Å². The van der Waals surface area contributed by atoms with Crippen molar-refractivity contribution < 1.29 is 18.6 Å². The minimum Gasteiger partial charge on any atom is -0.460 e. The van der Waals surface area contributed by atoms with Crippen LogP contribution in [0.2, 0.25) is 0 Å². The van der Waals surface area contributed by atoms with Gasteiger partial charge < -0.3 is 18.6 Å². The Morgan fingerprint density at radius 1 is 0.467 bits per heavy atom. The summed E-state index contributed by atoms with van der Waals surface area (Å²) >= 11 is 0. The normalized spacial score (nSPS) is 17.0. The smallest absolute Gasteiger partial charge is 0.178 e.